The summed E-state index contributed by atoms with van der Waals surface area (Å²) in [4.78, 5) is 2.63. The molecule has 2 aromatic rings. The van der Waals surface area contributed by atoms with Crippen LogP contribution in [0.2, 0.25) is 0 Å². The van der Waals surface area contributed by atoms with Gasteiger partial charge < -0.3 is 10.1 Å². The molecule has 0 spiro atoms. The predicted octanol–water partition coefficient (Wildman–Crippen LogP) is 5.22. The Morgan fingerprint density at radius 3 is 2.79 bits per heavy atom. The Hall–Kier alpha value is -1.000. The number of aryl methyl sites for hydroxylation is 1. The van der Waals surface area contributed by atoms with Crippen LogP contribution in [0, 0.1) is 6.92 Å². The van der Waals surface area contributed by atoms with Gasteiger partial charge in [-0.1, -0.05) is 19.1 Å². The van der Waals surface area contributed by atoms with E-state index in [1.54, 1.807) is 0 Å². The van der Waals surface area contributed by atoms with Crippen molar-refractivity contribution in [1.29, 1.82) is 0 Å². The zero-order valence-electron chi connectivity index (χ0n) is 11.2. The summed E-state index contributed by atoms with van der Waals surface area (Å²) in [5.74, 6) is 0.927. The van der Waals surface area contributed by atoms with Gasteiger partial charge in [0, 0.05) is 20.8 Å². The lowest BCUT2D eigenvalue weighted by atomic mass is 10.3. The van der Waals surface area contributed by atoms with Crippen LogP contribution in [0.5, 0.6) is 5.75 Å². The van der Waals surface area contributed by atoms with E-state index >= 15 is 0 Å². The van der Waals surface area contributed by atoms with E-state index in [4.69, 9.17) is 4.74 Å². The number of hydrogen-bond donors (Lipinski definition) is 1. The van der Waals surface area contributed by atoms with E-state index < -0.39 is 0 Å². The molecule has 0 aliphatic carbocycles. The number of rotatable bonds is 6. The standard InChI is InChI=1S/C15H18BrNOS/c1-3-8-18-15-7-5-4-6-14(15)17-10-12-9-13(16)11(2)19-12/h4-7,9,17H,3,8,10H2,1-2H3. The maximum Gasteiger partial charge on any atom is 0.142 e. The van der Waals surface area contributed by atoms with Crippen molar-refractivity contribution in [2.45, 2.75) is 26.8 Å². The Bertz CT molecular complexity index is 519. The van der Waals surface area contributed by atoms with E-state index in [9.17, 15) is 0 Å². The van der Waals surface area contributed by atoms with Gasteiger partial charge in [-0.05, 0) is 47.5 Å². The highest BCUT2D eigenvalue weighted by Crippen LogP contribution is 2.29. The minimum Gasteiger partial charge on any atom is -0.491 e. The molecular weight excluding hydrogens is 322 g/mol. The maximum absolute atomic E-state index is 5.74. The van der Waals surface area contributed by atoms with Crippen molar-refractivity contribution in [1.82, 2.24) is 0 Å². The third kappa shape index (κ3) is 3.98. The van der Waals surface area contributed by atoms with Gasteiger partial charge in [-0.3, -0.25) is 0 Å². The molecule has 0 amide bonds. The second-order valence-electron chi connectivity index (χ2n) is 4.32. The molecular formula is C15H18BrNOS. The summed E-state index contributed by atoms with van der Waals surface area (Å²) in [6, 6.07) is 10.3. The van der Waals surface area contributed by atoms with Gasteiger partial charge in [0.15, 0.2) is 0 Å². The fraction of sp³-hybridized carbons (Fsp3) is 0.333. The van der Waals surface area contributed by atoms with Crippen LogP contribution in [-0.2, 0) is 6.54 Å². The molecule has 0 saturated heterocycles. The number of anilines is 1. The average molecular weight is 340 g/mol. The number of para-hydroxylation sites is 2. The van der Waals surface area contributed by atoms with E-state index in [0.29, 0.717) is 0 Å². The van der Waals surface area contributed by atoms with Crippen LogP contribution in [0.15, 0.2) is 34.8 Å². The quantitative estimate of drug-likeness (QED) is 0.778. The Balaban J connectivity index is 2.02. The van der Waals surface area contributed by atoms with Crippen molar-refractivity contribution in [2.75, 3.05) is 11.9 Å². The van der Waals surface area contributed by atoms with Gasteiger partial charge >= 0.3 is 0 Å². The van der Waals surface area contributed by atoms with E-state index in [-0.39, 0.29) is 0 Å². The summed E-state index contributed by atoms with van der Waals surface area (Å²) in [5.41, 5.74) is 1.05. The highest BCUT2D eigenvalue weighted by atomic mass is 79.9. The van der Waals surface area contributed by atoms with Crippen molar-refractivity contribution in [3.8, 4) is 5.75 Å². The van der Waals surface area contributed by atoms with Gasteiger partial charge in [0.2, 0.25) is 0 Å². The van der Waals surface area contributed by atoms with Gasteiger partial charge in [0.25, 0.3) is 0 Å². The van der Waals surface area contributed by atoms with E-state index in [1.165, 1.54) is 14.2 Å². The molecule has 0 aliphatic rings. The molecule has 0 aliphatic heterocycles. The molecule has 1 heterocycles. The second-order valence-corrected chi connectivity index (χ2v) is 6.51. The number of thiophene rings is 1. The Kier molecular flexibility index (Phi) is 5.28. The molecule has 4 heteroatoms. The van der Waals surface area contributed by atoms with E-state index in [2.05, 4.69) is 47.2 Å². The molecule has 0 unspecified atom stereocenters. The van der Waals surface area contributed by atoms with Crippen LogP contribution in [0.4, 0.5) is 5.69 Å². The first kappa shape index (κ1) is 14.4. The van der Waals surface area contributed by atoms with Crippen LogP contribution >= 0.6 is 27.3 Å². The number of ether oxygens (including phenoxy) is 1. The molecule has 0 bridgehead atoms. The summed E-state index contributed by atoms with van der Waals surface area (Å²) in [6.45, 7) is 5.81. The fourth-order valence-corrected chi connectivity index (χ4v) is 3.28. The van der Waals surface area contributed by atoms with E-state index in [1.807, 2.05) is 29.5 Å². The summed E-state index contributed by atoms with van der Waals surface area (Å²) in [7, 11) is 0. The van der Waals surface area contributed by atoms with Crippen molar-refractivity contribution in [2.24, 2.45) is 0 Å². The largest absolute Gasteiger partial charge is 0.491 e. The first-order chi connectivity index (χ1) is 9.20. The Labute approximate surface area is 126 Å². The van der Waals surface area contributed by atoms with Gasteiger partial charge in [-0.2, -0.15) is 0 Å². The molecule has 19 heavy (non-hydrogen) atoms. The molecule has 102 valence electrons. The molecule has 0 saturated carbocycles. The number of nitrogens with one attached hydrogen (secondary N) is 1. The van der Waals surface area contributed by atoms with Crippen LogP contribution in [0.3, 0.4) is 0 Å². The van der Waals surface area contributed by atoms with Crippen molar-refractivity contribution < 1.29 is 4.74 Å². The Morgan fingerprint density at radius 1 is 1.32 bits per heavy atom. The smallest absolute Gasteiger partial charge is 0.142 e. The van der Waals surface area contributed by atoms with Crippen LogP contribution in [0.1, 0.15) is 23.1 Å². The maximum atomic E-state index is 5.74. The lowest BCUT2D eigenvalue weighted by Gasteiger charge is -2.12. The van der Waals surface area contributed by atoms with Crippen molar-refractivity contribution in [3.05, 3.63) is 44.6 Å². The summed E-state index contributed by atoms with van der Waals surface area (Å²) < 4.78 is 6.92. The van der Waals surface area contributed by atoms with E-state index in [0.717, 1.165) is 31.0 Å². The molecule has 0 radical (unpaired) electrons. The normalized spacial score (nSPS) is 10.5. The second kappa shape index (κ2) is 6.96. The highest BCUT2D eigenvalue weighted by molar-refractivity contribution is 9.10. The van der Waals surface area contributed by atoms with Crippen LogP contribution in [0.25, 0.3) is 0 Å². The fourth-order valence-electron chi connectivity index (χ4n) is 1.74. The monoisotopic (exact) mass is 339 g/mol. The number of benzene rings is 1. The van der Waals surface area contributed by atoms with Crippen LogP contribution < -0.4 is 10.1 Å². The minimum absolute atomic E-state index is 0.752. The lowest BCUT2D eigenvalue weighted by Crippen LogP contribution is -2.02. The van der Waals surface area contributed by atoms with Crippen molar-refractivity contribution >= 4 is 33.0 Å². The van der Waals surface area contributed by atoms with Gasteiger partial charge in [-0.25, -0.2) is 0 Å². The molecule has 1 N–H and O–H groups in total. The first-order valence-electron chi connectivity index (χ1n) is 6.41. The summed E-state index contributed by atoms with van der Waals surface area (Å²) >= 11 is 5.36. The third-order valence-electron chi connectivity index (χ3n) is 2.71. The van der Waals surface area contributed by atoms with Gasteiger partial charge in [0.05, 0.1) is 12.3 Å². The summed E-state index contributed by atoms with van der Waals surface area (Å²) in [6.07, 6.45) is 1.02. The number of hydrogen-bond acceptors (Lipinski definition) is 3. The number of halogens is 1. The van der Waals surface area contributed by atoms with Gasteiger partial charge in [0.1, 0.15) is 5.75 Å². The zero-order valence-corrected chi connectivity index (χ0v) is 13.6. The molecule has 2 nitrogen and oxygen atoms in total. The first-order valence-corrected chi connectivity index (χ1v) is 8.02. The lowest BCUT2D eigenvalue weighted by molar-refractivity contribution is 0.319. The predicted molar refractivity (Wildman–Crippen MR) is 86.3 cm³/mol. The highest BCUT2D eigenvalue weighted by Gasteiger charge is 2.05. The minimum atomic E-state index is 0.752. The molecule has 2 rings (SSSR count). The van der Waals surface area contributed by atoms with Gasteiger partial charge in [-0.15, -0.1) is 11.3 Å². The molecule has 0 fully saturated rings. The molecule has 1 aromatic heterocycles. The zero-order chi connectivity index (χ0) is 13.7. The average Bonchev–Trinajstić information content (AvgIpc) is 2.74. The third-order valence-corrected chi connectivity index (χ3v) is 4.85. The van der Waals surface area contributed by atoms with Crippen LogP contribution in [-0.4, -0.2) is 6.61 Å². The Morgan fingerprint density at radius 2 is 2.11 bits per heavy atom. The SMILES string of the molecule is CCCOc1ccccc1NCc1cc(Br)c(C)s1. The molecule has 1 aromatic carbocycles. The molecule has 0 atom stereocenters. The summed E-state index contributed by atoms with van der Waals surface area (Å²) in [5, 5.41) is 3.44. The van der Waals surface area contributed by atoms with Crippen molar-refractivity contribution in [3.63, 3.8) is 0 Å². The topological polar surface area (TPSA) is 21.3 Å².